The number of carbonyl (C=O) groups excluding carboxylic acids is 2. The fraction of sp³-hybridized carbons (Fsp3) is 0. The van der Waals surface area contributed by atoms with Crippen LogP contribution in [0.1, 0.15) is 20.7 Å². The lowest BCUT2D eigenvalue weighted by atomic mass is 10.2. The topological polar surface area (TPSA) is 123 Å². The Balaban J connectivity index is 1.57. The highest BCUT2D eigenvalue weighted by Gasteiger charge is 2.13. The van der Waals surface area contributed by atoms with Crippen molar-refractivity contribution in [2.24, 2.45) is 10.2 Å². The van der Waals surface area contributed by atoms with Gasteiger partial charge in [-0.25, -0.2) is 10.3 Å². The number of anilines is 1. The number of non-ortho nitro benzene ring substituents is 1. The second-order valence-electron chi connectivity index (χ2n) is 5.86. The lowest BCUT2D eigenvalue weighted by Gasteiger charge is -2.06. The average Bonchev–Trinajstić information content (AvgIpc) is 2.77. The molecule has 0 aliphatic heterocycles. The molecule has 0 unspecified atom stereocenters. The molecule has 0 fully saturated rings. The maximum atomic E-state index is 12.0. The van der Waals surface area contributed by atoms with E-state index in [0.717, 1.165) is 10.5 Å². The zero-order valence-electron chi connectivity index (χ0n) is 15.2. The van der Waals surface area contributed by atoms with Gasteiger partial charge >= 0.3 is 5.97 Å². The Morgan fingerprint density at radius 1 is 0.967 bits per heavy atom. The molecule has 0 radical (unpaired) electrons. The summed E-state index contributed by atoms with van der Waals surface area (Å²) >= 11 is 3.29. The summed E-state index contributed by atoms with van der Waals surface area (Å²) in [5.41, 5.74) is 3.55. The van der Waals surface area contributed by atoms with Crippen LogP contribution >= 0.6 is 15.9 Å². The van der Waals surface area contributed by atoms with Crippen LogP contribution in [0.5, 0.6) is 0 Å². The summed E-state index contributed by atoms with van der Waals surface area (Å²) in [7, 11) is 0. The van der Waals surface area contributed by atoms with Gasteiger partial charge in [-0.05, 0) is 54.6 Å². The van der Waals surface area contributed by atoms with Crippen molar-refractivity contribution in [3.8, 4) is 0 Å². The van der Waals surface area contributed by atoms with Crippen molar-refractivity contribution in [1.82, 2.24) is 0 Å². The van der Waals surface area contributed by atoms with Crippen LogP contribution in [-0.4, -0.2) is 16.8 Å². The fourth-order valence-electron chi connectivity index (χ4n) is 2.26. The van der Waals surface area contributed by atoms with E-state index in [2.05, 4.69) is 31.6 Å². The van der Waals surface area contributed by atoms with Gasteiger partial charge in [0.25, 0.3) is 11.6 Å². The molecule has 0 atom stereocenters. The van der Waals surface area contributed by atoms with Crippen LogP contribution in [0.25, 0.3) is 0 Å². The molecule has 0 aromatic heterocycles. The van der Waals surface area contributed by atoms with Gasteiger partial charge in [-0.1, -0.05) is 22.0 Å². The first-order valence-corrected chi connectivity index (χ1v) is 9.25. The van der Waals surface area contributed by atoms with E-state index in [1.807, 2.05) is 0 Å². The first kappa shape index (κ1) is 20.8. The predicted molar refractivity (Wildman–Crippen MR) is 112 cm³/mol. The van der Waals surface area contributed by atoms with Gasteiger partial charge in [0.2, 0.25) is 0 Å². The molecule has 0 aliphatic carbocycles. The van der Waals surface area contributed by atoms with Gasteiger partial charge < -0.3 is 4.84 Å². The standard InChI is InChI=1S/C20H13BrN4O5/c21-15-6-4-13(5-7-15)19(26)23-22-16-8-10-17(11-9-16)24-30-20(27)14-2-1-3-18(12-14)25(28)29/h1-12,24H. The summed E-state index contributed by atoms with van der Waals surface area (Å²) < 4.78 is 0.852. The van der Waals surface area contributed by atoms with Crippen LogP contribution in [0.2, 0.25) is 0 Å². The molecule has 0 saturated carbocycles. The molecule has 3 aromatic rings. The third kappa shape index (κ3) is 5.55. The molecule has 0 bridgehead atoms. The number of hydrogen-bond donors (Lipinski definition) is 1. The molecule has 1 amide bonds. The second kappa shape index (κ2) is 9.52. The molecule has 0 heterocycles. The van der Waals surface area contributed by atoms with Crippen molar-refractivity contribution < 1.29 is 19.3 Å². The van der Waals surface area contributed by atoms with Crippen molar-refractivity contribution in [2.75, 3.05) is 5.48 Å². The molecular weight excluding hydrogens is 456 g/mol. The van der Waals surface area contributed by atoms with Crippen molar-refractivity contribution in [3.05, 3.63) is 98.5 Å². The van der Waals surface area contributed by atoms with Crippen LogP contribution in [0.15, 0.2) is 87.5 Å². The molecule has 9 nitrogen and oxygen atoms in total. The number of nitrogens with zero attached hydrogens (tertiary/aromatic N) is 3. The quantitative estimate of drug-likeness (QED) is 0.290. The van der Waals surface area contributed by atoms with Gasteiger partial charge in [-0.2, -0.15) is 0 Å². The molecule has 0 saturated heterocycles. The number of rotatable bonds is 6. The summed E-state index contributed by atoms with van der Waals surface area (Å²) in [4.78, 5) is 39.1. The summed E-state index contributed by atoms with van der Waals surface area (Å²) in [5, 5.41) is 18.3. The third-order valence-corrected chi connectivity index (χ3v) is 4.30. The van der Waals surface area contributed by atoms with E-state index < -0.39 is 16.8 Å². The number of nitro benzene ring substituents is 1. The molecule has 10 heteroatoms. The van der Waals surface area contributed by atoms with Gasteiger partial charge in [0.15, 0.2) is 0 Å². The molecule has 3 rings (SSSR count). The normalized spacial score (nSPS) is 10.6. The summed E-state index contributed by atoms with van der Waals surface area (Å²) in [5.74, 6) is -1.25. The van der Waals surface area contributed by atoms with E-state index >= 15 is 0 Å². The number of azo groups is 1. The molecule has 30 heavy (non-hydrogen) atoms. The highest BCUT2D eigenvalue weighted by atomic mass is 79.9. The Bertz CT molecular complexity index is 1110. The molecular formula is C20H13BrN4O5. The summed E-state index contributed by atoms with van der Waals surface area (Å²) in [6.45, 7) is 0. The highest BCUT2D eigenvalue weighted by molar-refractivity contribution is 9.10. The SMILES string of the molecule is O=C(N=Nc1ccc(NOC(=O)c2cccc([N+](=O)[O-])c2)cc1)c1ccc(Br)cc1. The van der Waals surface area contributed by atoms with Gasteiger partial charge in [0, 0.05) is 22.2 Å². The maximum absolute atomic E-state index is 12.0. The number of amides is 1. The molecule has 0 spiro atoms. The van der Waals surface area contributed by atoms with E-state index in [0.29, 0.717) is 16.9 Å². The number of carbonyl (C=O) groups is 2. The van der Waals surface area contributed by atoms with E-state index in [1.165, 1.54) is 18.2 Å². The van der Waals surface area contributed by atoms with Crippen molar-refractivity contribution in [1.29, 1.82) is 0 Å². The monoisotopic (exact) mass is 468 g/mol. The average molecular weight is 469 g/mol. The van der Waals surface area contributed by atoms with Gasteiger partial charge in [0.1, 0.15) is 0 Å². The van der Waals surface area contributed by atoms with Gasteiger partial charge in [-0.15, -0.1) is 10.2 Å². The Morgan fingerprint density at radius 2 is 1.67 bits per heavy atom. The van der Waals surface area contributed by atoms with E-state index in [1.54, 1.807) is 48.5 Å². The van der Waals surface area contributed by atoms with Gasteiger partial charge in [-0.3, -0.25) is 14.9 Å². The van der Waals surface area contributed by atoms with E-state index in [-0.39, 0.29) is 11.3 Å². The summed E-state index contributed by atoms with van der Waals surface area (Å²) in [6, 6.07) is 18.2. The Kier molecular flexibility index (Phi) is 6.60. The number of nitrogens with one attached hydrogen (secondary N) is 1. The van der Waals surface area contributed by atoms with Crippen LogP contribution in [0, 0.1) is 10.1 Å². The Morgan fingerprint density at radius 3 is 2.33 bits per heavy atom. The molecule has 0 aliphatic rings. The van der Waals surface area contributed by atoms with E-state index in [9.17, 15) is 19.7 Å². The number of halogens is 1. The largest absolute Gasteiger partial charge is 0.363 e. The zero-order valence-corrected chi connectivity index (χ0v) is 16.8. The first-order valence-electron chi connectivity index (χ1n) is 8.46. The lowest BCUT2D eigenvalue weighted by Crippen LogP contribution is -2.10. The summed E-state index contributed by atoms with van der Waals surface area (Å²) in [6.07, 6.45) is 0. The minimum absolute atomic E-state index is 0.0357. The van der Waals surface area contributed by atoms with Crippen molar-refractivity contribution in [2.45, 2.75) is 0 Å². The lowest BCUT2D eigenvalue weighted by molar-refractivity contribution is -0.384. The Hall–Kier alpha value is -3.92. The third-order valence-electron chi connectivity index (χ3n) is 3.77. The maximum Gasteiger partial charge on any atom is 0.363 e. The molecule has 1 N–H and O–H groups in total. The van der Waals surface area contributed by atoms with Crippen molar-refractivity contribution >= 4 is 44.9 Å². The number of benzene rings is 3. The molecule has 3 aromatic carbocycles. The van der Waals surface area contributed by atoms with Crippen molar-refractivity contribution in [3.63, 3.8) is 0 Å². The van der Waals surface area contributed by atoms with Crippen LogP contribution in [-0.2, 0) is 4.84 Å². The van der Waals surface area contributed by atoms with Gasteiger partial charge in [0.05, 0.1) is 21.9 Å². The zero-order chi connectivity index (χ0) is 21.5. The predicted octanol–water partition coefficient (Wildman–Crippen LogP) is 5.47. The van der Waals surface area contributed by atoms with Crippen LogP contribution in [0.3, 0.4) is 0 Å². The minimum atomic E-state index is -0.775. The van der Waals surface area contributed by atoms with E-state index in [4.69, 9.17) is 4.84 Å². The number of nitro groups is 1. The van der Waals surface area contributed by atoms with Crippen LogP contribution < -0.4 is 5.48 Å². The highest BCUT2D eigenvalue weighted by Crippen LogP contribution is 2.19. The number of hydrogen-bond acceptors (Lipinski definition) is 7. The Labute approximate surface area is 178 Å². The molecule has 150 valence electrons. The fourth-order valence-corrected chi connectivity index (χ4v) is 2.52. The first-order chi connectivity index (χ1) is 14.4. The minimum Gasteiger partial charge on any atom is -0.338 e. The smallest absolute Gasteiger partial charge is 0.338 e. The van der Waals surface area contributed by atoms with Crippen LogP contribution in [0.4, 0.5) is 17.1 Å². The second-order valence-corrected chi connectivity index (χ2v) is 6.77.